The summed E-state index contributed by atoms with van der Waals surface area (Å²) in [5.74, 6) is -0.231. The van der Waals surface area contributed by atoms with Gasteiger partial charge in [-0.3, -0.25) is 4.79 Å². The molecule has 1 aromatic heterocycles. The molecule has 1 rings (SSSR count). The molecule has 2 N–H and O–H groups in total. The number of hydrogen-bond acceptors (Lipinski definition) is 4. The van der Waals surface area contributed by atoms with Gasteiger partial charge in [0.25, 0.3) is 5.91 Å². The van der Waals surface area contributed by atoms with Crippen molar-refractivity contribution >= 4 is 17.2 Å². The molecule has 4 nitrogen and oxygen atoms in total. The van der Waals surface area contributed by atoms with E-state index in [1.54, 1.807) is 18.5 Å². The summed E-state index contributed by atoms with van der Waals surface area (Å²) in [6, 6.07) is 0. The summed E-state index contributed by atoms with van der Waals surface area (Å²) in [7, 11) is 0. The lowest BCUT2D eigenvalue weighted by Crippen LogP contribution is -2.30. The average Bonchev–Trinajstić information content (AvgIpc) is 2.51. The maximum Gasteiger partial charge on any atom is 0.280 e. The molecule has 0 saturated heterocycles. The summed E-state index contributed by atoms with van der Waals surface area (Å²) >= 11 is 1.28. The average molecular weight is 186 g/mol. The fourth-order valence-corrected chi connectivity index (χ4v) is 1.20. The van der Waals surface area contributed by atoms with Crippen molar-refractivity contribution in [1.82, 2.24) is 10.3 Å². The van der Waals surface area contributed by atoms with Crippen molar-refractivity contribution in [3.63, 3.8) is 0 Å². The molecular formula is C7H10N2O2S. The molecular weight excluding hydrogens is 176 g/mol. The molecule has 1 heterocycles. The number of rotatable bonds is 3. The standard InChI is InChI=1S/C7H10N2O2S/c1-5(10)4-9-6(11)7-8-2-3-12-7/h2-3,5,10H,4H2,1H3,(H,9,11)/t5-/m0/s1. The minimum absolute atomic E-state index is 0.231. The maximum atomic E-state index is 11.1. The Hall–Kier alpha value is -0.940. The molecule has 0 aliphatic carbocycles. The molecule has 1 aromatic rings. The molecule has 0 bridgehead atoms. The van der Waals surface area contributed by atoms with Crippen molar-refractivity contribution in [2.75, 3.05) is 6.54 Å². The summed E-state index contributed by atoms with van der Waals surface area (Å²) < 4.78 is 0. The lowest BCUT2D eigenvalue weighted by atomic mass is 10.4. The van der Waals surface area contributed by atoms with Crippen LogP contribution in [0.5, 0.6) is 0 Å². The number of amides is 1. The third-order valence-electron chi connectivity index (χ3n) is 1.18. The summed E-state index contributed by atoms with van der Waals surface area (Å²) in [6.07, 6.45) is 1.05. The van der Waals surface area contributed by atoms with Crippen molar-refractivity contribution < 1.29 is 9.90 Å². The molecule has 1 atom stereocenters. The van der Waals surface area contributed by atoms with Crippen molar-refractivity contribution in [2.45, 2.75) is 13.0 Å². The monoisotopic (exact) mass is 186 g/mol. The lowest BCUT2D eigenvalue weighted by molar-refractivity contribution is 0.0923. The quantitative estimate of drug-likeness (QED) is 0.711. The van der Waals surface area contributed by atoms with E-state index in [0.29, 0.717) is 5.01 Å². The third-order valence-corrected chi connectivity index (χ3v) is 1.96. The van der Waals surface area contributed by atoms with Gasteiger partial charge in [0.1, 0.15) is 0 Å². The molecule has 5 heteroatoms. The number of aliphatic hydroxyl groups excluding tert-OH is 1. The predicted octanol–water partition coefficient (Wildman–Crippen LogP) is 0.254. The first-order valence-corrected chi connectivity index (χ1v) is 4.44. The van der Waals surface area contributed by atoms with E-state index in [4.69, 9.17) is 5.11 Å². The SMILES string of the molecule is C[C@H](O)CNC(=O)c1nccs1. The number of thiazole rings is 1. The van der Waals surface area contributed by atoms with E-state index in [1.807, 2.05) is 0 Å². The van der Waals surface area contributed by atoms with E-state index in [1.165, 1.54) is 11.3 Å². The largest absolute Gasteiger partial charge is 0.392 e. The Morgan fingerprint density at radius 3 is 3.17 bits per heavy atom. The summed E-state index contributed by atoms with van der Waals surface area (Å²) in [5.41, 5.74) is 0. The van der Waals surface area contributed by atoms with Gasteiger partial charge in [0, 0.05) is 18.1 Å². The normalized spacial score (nSPS) is 12.5. The lowest BCUT2D eigenvalue weighted by Gasteiger charge is -2.04. The summed E-state index contributed by atoms with van der Waals surface area (Å²) in [5, 5.41) is 13.6. The Kier molecular flexibility index (Phi) is 3.19. The predicted molar refractivity (Wildman–Crippen MR) is 46.1 cm³/mol. The number of carbonyl (C=O) groups excluding carboxylic acids is 1. The van der Waals surface area contributed by atoms with Crippen molar-refractivity contribution in [1.29, 1.82) is 0 Å². The molecule has 0 unspecified atom stereocenters. The fourth-order valence-electron chi connectivity index (χ4n) is 0.652. The van der Waals surface area contributed by atoms with Crippen molar-refractivity contribution in [3.05, 3.63) is 16.6 Å². The van der Waals surface area contributed by atoms with Gasteiger partial charge < -0.3 is 10.4 Å². The smallest absolute Gasteiger partial charge is 0.280 e. The van der Waals surface area contributed by atoms with Crippen LogP contribution in [0.4, 0.5) is 0 Å². The van der Waals surface area contributed by atoms with Gasteiger partial charge in [-0.05, 0) is 6.92 Å². The van der Waals surface area contributed by atoms with Gasteiger partial charge >= 0.3 is 0 Å². The number of hydrogen-bond donors (Lipinski definition) is 2. The van der Waals surface area contributed by atoms with Crippen LogP contribution < -0.4 is 5.32 Å². The van der Waals surface area contributed by atoms with Crippen LogP contribution in [0.25, 0.3) is 0 Å². The molecule has 12 heavy (non-hydrogen) atoms. The van der Waals surface area contributed by atoms with E-state index in [9.17, 15) is 4.79 Å². The summed E-state index contributed by atoms with van der Waals surface area (Å²) in [6.45, 7) is 1.88. The molecule has 0 aromatic carbocycles. The first-order chi connectivity index (χ1) is 5.70. The van der Waals surface area contributed by atoms with E-state index < -0.39 is 6.10 Å². The maximum absolute atomic E-state index is 11.1. The molecule has 0 saturated carbocycles. The zero-order valence-corrected chi connectivity index (χ0v) is 7.47. The molecule has 66 valence electrons. The van der Waals surface area contributed by atoms with Gasteiger partial charge in [0.2, 0.25) is 0 Å². The molecule has 0 aliphatic heterocycles. The van der Waals surface area contributed by atoms with Gasteiger partial charge in [-0.25, -0.2) is 4.98 Å². The van der Waals surface area contributed by atoms with Gasteiger partial charge in [-0.2, -0.15) is 0 Å². The Morgan fingerprint density at radius 1 is 1.92 bits per heavy atom. The summed E-state index contributed by atoms with van der Waals surface area (Å²) in [4.78, 5) is 15.0. The third kappa shape index (κ3) is 2.60. The second kappa shape index (κ2) is 4.18. The highest BCUT2D eigenvalue weighted by molar-refractivity contribution is 7.11. The highest BCUT2D eigenvalue weighted by Gasteiger charge is 2.07. The van der Waals surface area contributed by atoms with Crippen molar-refractivity contribution in [2.24, 2.45) is 0 Å². The molecule has 0 fully saturated rings. The second-order valence-corrected chi connectivity index (χ2v) is 3.29. The van der Waals surface area contributed by atoms with Crippen LogP contribution in [-0.2, 0) is 0 Å². The van der Waals surface area contributed by atoms with Gasteiger partial charge in [0.15, 0.2) is 5.01 Å². The number of aromatic nitrogens is 1. The number of aliphatic hydroxyl groups is 1. The zero-order chi connectivity index (χ0) is 8.97. The minimum Gasteiger partial charge on any atom is -0.392 e. The van der Waals surface area contributed by atoms with Crippen LogP contribution >= 0.6 is 11.3 Å². The number of nitrogens with zero attached hydrogens (tertiary/aromatic N) is 1. The van der Waals surface area contributed by atoms with Gasteiger partial charge in [-0.15, -0.1) is 11.3 Å². The van der Waals surface area contributed by atoms with E-state index >= 15 is 0 Å². The number of carbonyl (C=O) groups is 1. The van der Waals surface area contributed by atoms with Gasteiger partial charge in [0.05, 0.1) is 6.10 Å². The van der Waals surface area contributed by atoms with E-state index in [0.717, 1.165) is 0 Å². The fraction of sp³-hybridized carbons (Fsp3) is 0.429. The Morgan fingerprint density at radius 2 is 2.67 bits per heavy atom. The van der Waals surface area contributed by atoms with Gasteiger partial charge in [-0.1, -0.05) is 0 Å². The molecule has 0 radical (unpaired) electrons. The van der Waals surface area contributed by atoms with Crippen LogP contribution in [0.15, 0.2) is 11.6 Å². The highest BCUT2D eigenvalue weighted by atomic mass is 32.1. The van der Waals surface area contributed by atoms with Crippen LogP contribution in [0.1, 0.15) is 16.7 Å². The van der Waals surface area contributed by atoms with Crippen molar-refractivity contribution in [3.8, 4) is 0 Å². The molecule has 0 aliphatic rings. The highest BCUT2D eigenvalue weighted by Crippen LogP contribution is 2.02. The first-order valence-electron chi connectivity index (χ1n) is 3.56. The Balaban J connectivity index is 2.40. The van der Waals surface area contributed by atoms with E-state index in [-0.39, 0.29) is 12.5 Å². The first kappa shape index (κ1) is 9.15. The number of nitrogens with one attached hydrogen (secondary N) is 1. The van der Waals surface area contributed by atoms with Crippen LogP contribution in [0.3, 0.4) is 0 Å². The van der Waals surface area contributed by atoms with Crippen LogP contribution in [-0.4, -0.2) is 28.6 Å². The molecule has 1 amide bonds. The Labute approximate surface area is 74.3 Å². The minimum atomic E-state index is -0.520. The van der Waals surface area contributed by atoms with Crippen LogP contribution in [0, 0.1) is 0 Å². The second-order valence-electron chi connectivity index (χ2n) is 2.40. The molecule has 0 spiro atoms. The van der Waals surface area contributed by atoms with Crippen LogP contribution in [0.2, 0.25) is 0 Å². The topological polar surface area (TPSA) is 62.2 Å². The Bertz CT molecular complexity index is 246. The zero-order valence-electron chi connectivity index (χ0n) is 6.65. The van der Waals surface area contributed by atoms with E-state index in [2.05, 4.69) is 10.3 Å².